The van der Waals surface area contributed by atoms with Gasteiger partial charge in [0.05, 0.1) is 11.9 Å². The molecule has 3 N–H and O–H groups in total. The Bertz CT molecular complexity index is 1430. The number of anilines is 2. The highest BCUT2D eigenvalue weighted by atomic mass is 16.5. The number of aromatic nitrogens is 4. The first-order valence-corrected chi connectivity index (χ1v) is 13.7. The minimum Gasteiger partial charge on any atom is -0.484 e. The predicted octanol–water partition coefficient (Wildman–Crippen LogP) is 4.70. The number of hydrogen-bond acceptors (Lipinski definition) is 7. The second kappa shape index (κ2) is 11.2. The number of ether oxygens (including phenoxy) is 1. The molecular formula is C30H33N7O2. The molecule has 9 nitrogen and oxygen atoms in total. The molecule has 4 aromatic rings. The molecule has 1 amide bonds. The van der Waals surface area contributed by atoms with Crippen LogP contribution in [0.5, 0.6) is 5.75 Å². The van der Waals surface area contributed by atoms with E-state index in [2.05, 4.69) is 56.9 Å². The van der Waals surface area contributed by atoms with Crippen molar-refractivity contribution >= 4 is 17.4 Å². The number of carbonyl (C=O) groups excluding carboxylic acids is 1. The summed E-state index contributed by atoms with van der Waals surface area (Å²) in [5.41, 5.74) is 6.14. The maximum atomic E-state index is 12.2. The van der Waals surface area contributed by atoms with E-state index < -0.39 is 0 Å². The summed E-state index contributed by atoms with van der Waals surface area (Å²) in [7, 11) is 0. The van der Waals surface area contributed by atoms with Crippen LogP contribution in [0.25, 0.3) is 22.5 Å². The van der Waals surface area contributed by atoms with Crippen LogP contribution in [0.15, 0.2) is 60.9 Å². The van der Waals surface area contributed by atoms with Gasteiger partial charge in [-0.1, -0.05) is 31.2 Å². The highest BCUT2D eigenvalue weighted by molar-refractivity contribution is 5.78. The molecule has 2 aromatic heterocycles. The Morgan fingerprint density at radius 2 is 1.97 bits per heavy atom. The number of amides is 1. The van der Waals surface area contributed by atoms with Crippen LogP contribution in [0, 0.1) is 0 Å². The van der Waals surface area contributed by atoms with Gasteiger partial charge in [-0.2, -0.15) is 5.10 Å². The van der Waals surface area contributed by atoms with Crippen LogP contribution in [0.2, 0.25) is 0 Å². The van der Waals surface area contributed by atoms with Crippen LogP contribution >= 0.6 is 0 Å². The summed E-state index contributed by atoms with van der Waals surface area (Å²) < 4.78 is 5.81. The van der Waals surface area contributed by atoms with Crippen molar-refractivity contribution in [3.8, 4) is 28.3 Å². The van der Waals surface area contributed by atoms with Crippen LogP contribution in [-0.2, 0) is 17.8 Å². The zero-order valence-electron chi connectivity index (χ0n) is 22.1. The molecule has 6 rings (SSSR count). The number of rotatable bonds is 9. The van der Waals surface area contributed by atoms with Crippen LogP contribution in [0.4, 0.5) is 11.5 Å². The quantitative estimate of drug-likeness (QED) is 0.292. The monoisotopic (exact) mass is 523 g/mol. The van der Waals surface area contributed by atoms with Gasteiger partial charge >= 0.3 is 0 Å². The van der Waals surface area contributed by atoms with Crippen molar-refractivity contribution in [2.45, 2.75) is 45.2 Å². The van der Waals surface area contributed by atoms with Gasteiger partial charge in [0.25, 0.3) is 5.91 Å². The van der Waals surface area contributed by atoms with Gasteiger partial charge in [0.2, 0.25) is 0 Å². The van der Waals surface area contributed by atoms with E-state index in [1.54, 1.807) is 0 Å². The number of hydrogen-bond donors (Lipinski definition) is 3. The number of nitrogens with zero attached hydrogens (tertiary/aromatic N) is 4. The van der Waals surface area contributed by atoms with E-state index in [1.807, 2.05) is 36.7 Å². The van der Waals surface area contributed by atoms with Crippen LogP contribution in [0.3, 0.4) is 0 Å². The number of carbonyl (C=O) groups is 1. The molecule has 0 atom stereocenters. The van der Waals surface area contributed by atoms with Gasteiger partial charge in [0.15, 0.2) is 12.4 Å². The first kappa shape index (κ1) is 25.1. The second-order valence-electron chi connectivity index (χ2n) is 10.1. The lowest BCUT2D eigenvalue weighted by atomic mass is 9.93. The van der Waals surface area contributed by atoms with E-state index >= 15 is 0 Å². The number of H-pyrrole nitrogens is 1. The van der Waals surface area contributed by atoms with Crippen molar-refractivity contribution < 1.29 is 9.53 Å². The van der Waals surface area contributed by atoms with Gasteiger partial charge in [0.1, 0.15) is 11.6 Å². The number of benzene rings is 2. The van der Waals surface area contributed by atoms with Crippen molar-refractivity contribution in [1.82, 2.24) is 30.4 Å². The summed E-state index contributed by atoms with van der Waals surface area (Å²) in [6, 6.07) is 16.2. The molecule has 0 saturated heterocycles. The number of aromatic amines is 1. The molecule has 0 unspecified atom stereocenters. The standard InChI is InChI=1S/C30H33N7O2/c1-2-37-14-13-27-26(18-37)30(34-24-11-9-20(10-12-24)22-16-31-32-17-22)36-29(35-27)21-5-3-8-25(15-21)39-19-28(38)33-23-6-4-7-23/h3,5,8-12,15-17,23H,2,4,6-7,13-14,18-19H2,1H3,(H,31,32)(H,33,38)(H,34,35,36). The van der Waals surface area contributed by atoms with Crippen LogP contribution in [-0.4, -0.2) is 56.7 Å². The van der Waals surface area contributed by atoms with Gasteiger partial charge in [0, 0.05) is 54.1 Å². The third-order valence-corrected chi connectivity index (χ3v) is 7.50. The Balaban J connectivity index is 1.25. The maximum absolute atomic E-state index is 12.2. The van der Waals surface area contributed by atoms with E-state index in [-0.39, 0.29) is 12.5 Å². The minimum absolute atomic E-state index is 0.000525. The van der Waals surface area contributed by atoms with Crippen LogP contribution in [0.1, 0.15) is 37.4 Å². The molecule has 0 radical (unpaired) electrons. The first-order valence-electron chi connectivity index (χ1n) is 13.7. The van der Waals surface area contributed by atoms with Gasteiger partial charge < -0.3 is 15.4 Å². The highest BCUT2D eigenvalue weighted by Crippen LogP contribution is 2.31. The topological polar surface area (TPSA) is 108 Å². The molecular weight excluding hydrogens is 490 g/mol. The van der Waals surface area contributed by atoms with Gasteiger partial charge in [-0.3, -0.25) is 14.8 Å². The summed E-state index contributed by atoms with van der Waals surface area (Å²) in [6.45, 7) is 4.94. The number of nitrogens with one attached hydrogen (secondary N) is 3. The molecule has 200 valence electrons. The summed E-state index contributed by atoms with van der Waals surface area (Å²) in [5.74, 6) is 2.00. The van der Waals surface area contributed by atoms with E-state index in [0.29, 0.717) is 17.6 Å². The van der Waals surface area contributed by atoms with E-state index in [9.17, 15) is 4.79 Å². The van der Waals surface area contributed by atoms with Crippen molar-refractivity contribution in [2.75, 3.05) is 25.0 Å². The third kappa shape index (κ3) is 5.78. The van der Waals surface area contributed by atoms with Gasteiger partial charge in [-0.25, -0.2) is 9.97 Å². The third-order valence-electron chi connectivity index (χ3n) is 7.50. The molecule has 39 heavy (non-hydrogen) atoms. The van der Waals surface area contributed by atoms with Crippen molar-refractivity contribution in [1.29, 1.82) is 0 Å². The summed E-state index contributed by atoms with van der Waals surface area (Å²) in [6.07, 6.45) is 7.85. The summed E-state index contributed by atoms with van der Waals surface area (Å²) >= 11 is 0. The SMILES string of the molecule is CCN1CCc2nc(-c3cccc(OCC(=O)NC4CCC4)c3)nc(Nc3ccc(-c4cn[nH]c4)cc3)c2C1. The predicted molar refractivity (Wildman–Crippen MR) is 151 cm³/mol. The van der Waals surface area contributed by atoms with Gasteiger partial charge in [-0.05, 0) is 55.6 Å². The molecule has 9 heteroatoms. The lowest BCUT2D eigenvalue weighted by Crippen LogP contribution is -2.41. The highest BCUT2D eigenvalue weighted by Gasteiger charge is 2.23. The molecule has 1 saturated carbocycles. The number of likely N-dealkylation sites (N-methyl/N-ethyl adjacent to an activating group) is 1. The fourth-order valence-corrected chi connectivity index (χ4v) is 4.96. The smallest absolute Gasteiger partial charge is 0.258 e. The van der Waals surface area contributed by atoms with Crippen molar-refractivity contribution in [3.63, 3.8) is 0 Å². The zero-order chi connectivity index (χ0) is 26.6. The zero-order valence-corrected chi connectivity index (χ0v) is 22.1. The maximum Gasteiger partial charge on any atom is 0.258 e. The van der Waals surface area contributed by atoms with E-state index in [1.165, 1.54) is 6.42 Å². The first-order chi connectivity index (χ1) is 19.1. The molecule has 1 aliphatic heterocycles. The van der Waals surface area contributed by atoms with Crippen molar-refractivity contribution in [2.24, 2.45) is 0 Å². The average Bonchev–Trinajstić information content (AvgIpc) is 3.49. The fraction of sp³-hybridized carbons (Fsp3) is 0.333. The fourth-order valence-electron chi connectivity index (χ4n) is 4.96. The number of fused-ring (bicyclic) bond motifs is 1. The second-order valence-corrected chi connectivity index (χ2v) is 10.1. The molecule has 1 aliphatic carbocycles. The lowest BCUT2D eigenvalue weighted by molar-refractivity contribution is -0.124. The molecule has 3 heterocycles. The molecule has 2 aromatic carbocycles. The van der Waals surface area contributed by atoms with Gasteiger partial charge in [-0.15, -0.1) is 0 Å². The Hall–Kier alpha value is -4.24. The Morgan fingerprint density at radius 1 is 1.10 bits per heavy atom. The lowest BCUT2D eigenvalue weighted by Gasteiger charge is -2.28. The molecule has 0 bridgehead atoms. The Morgan fingerprint density at radius 3 is 2.72 bits per heavy atom. The van der Waals surface area contributed by atoms with Crippen LogP contribution < -0.4 is 15.4 Å². The van der Waals surface area contributed by atoms with Crippen molar-refractivity contribution in [3.05, 3.63) is 72.2 Å². The molecule has 2 aliphatic rings. The Kier molecular flexibility index (Phi) is 7.23. The minimum atomic E-state index is -0.0825. The normalized spacial score (nSPS) is 15.3. The molecule has 1 fully saturated rings. The average molecular weight is 524 g/mol. The molecule has 0 spiro atoms. The van der Waals surface area contributed by atoms with E-state index in [0.717, 1.165) is 78.3 Å². The Labute approximate surface area is 228 Å². The largest absolute Gasteiger partial charge is 0.484 e. The van der Waals surface area contributed by atoms with E-state index in [4.69, 9.17) is 14.7 Å². The summed E-state index contributed by atoms with van der Waals surface area (Å²) in [5, 5.41) is 13.5. The summed E-state index contributed by atoms with van der Waals surface area (Å²) in [4.78, 5) is 24.6.